The average Bonchev–Trinajstić information content (AvgIpc) is 2.87. The molecule has 1 saturated carbocycles. The van der Waals surface area contributed by atoms with Crippen molar-refractivity contribution in [2.45, 2.75) is 63.6 Å². The van der Waals surface area contributed by atoms with E-state index in [1.165, 1.54) is 6.07 Å². The minimum Gasteiger partial charge on any atom is -0.385 e. The van der Waals surface area contributed by atoms with Crippen LogP contribution in [-0.2, 0) is 9.47 Å². The molecular formula is C27H38ClFN4O2. The van der Waals surface area contributed by atoms with Crippen LogP contribution >= 0.6 is 11.6 Å². The van der Waals surface area contributed by atoms with E-state index in [1.54, 1.807) is 19.4 Å². The third-order valence-electron chi connectivity index (χ3n) is 7.06. The molecular weight excluding hydrogens is 467 g/mol. The molecule has 0 amide bonds. The van der Waals surface area contributed by atoms with Crippen molar-refractivity contribution in [2.75, 3.05) is 44.1 Å². The average molecular weight is 505 g/mol. The zero-order chi connectivity index (χ0) is 24.6. The molecule has 1 aromatic heterocycles. The molecule has 1 saturated heterocycles. The SMILES string of the molecule is COCC(C)NC1CCC(Nc2cc(-c3cc(NCC4CCOCC4)ccc3F)c(Cl)cn2)CC1. The van der Waals surface area contributed by atoms with Crippen molar-refractivity contribution < 1.29 is 13.9 Å². The van der Waals surface area contributed by atoms with Gasteiger partial charge in [-0.05, 0) is 75.6 Å². The number of rotatable bonds is 10. The van der Waals surface area contributed by atoms with Crippen LogP contribution in [0.15, 0.2) is 30.5 Å². The molecule has 35 heavy (non-hydrogen) atoms. The third-order valence-corrected chi connectivity index (χ3v) is 7.36. The smallest absolute Gasteiger partial charge is 0.131 e. The summed E-state index contributed by atoms with van der Waals surface area (Å²) < 4.78 is 25.5. The Hall–Kier alpha value is -1.93. The van der Waals surface area contributed by atoms with Crippen LogP contribution in [0.3, 0.4) is 0 Å². The number of nitrogens with zero attached hydrogens (tertiary/aromatic N) is 1. The van der Waals surface area contributed by atoms with E-state index in [9.17, 15) is 4.39 Å². The van der Waals surface area contributed by atoms with Gasteiger partial charge in [0.15, 0.2) is 0 Å². The molecule has 1 unspecified atom stereocenters. The molecule has 6 nitrogen and oxygen atoms in total. The first-order valence-electron chi connectivity index (χ1n) is 12.8. The van der Waals surface area contributed by atoms with Gasteiger partial charge >= 0.3 is 0 Å². The molecule has 1 atom stereocenters. The molecule has 0 radical (unpaired) electrons. The number of pyridine rings is 1. The van der Waals surface area contributed by atoms with Gasteiger partial charge in [-0.3, -0.25) is 0 Å². The van der Waals surface area contributed by atoms with E-state index in [2.05, 4.69) is 27.9 Å². The molecule has 2 aliphatic rings. The van der Waals surface area contributed by atoms with Gasteiger partial charge in [0.1, 0.15) is 11.6 Å². The number of nitrogens with one attached hydrogen (secondary N) is 3. The van der Waals surface area contributed by atoms with Crippen LogP contribution in [0.4, 0.5) is 15.9 Å². The third kappa shape index (κ3) is 7.53. The van der Waals surface area contributed by atoms with Crippen molar-refractivity contribution >= 4 is 23.1 Å². The Labute approximate surface area is 213 Å². The van der Waals surface area contributed by atoms with Gasteiger partial charge in [-0.2, -0.15) is 0 Å². The molecule has 2 aromatic rings. The molecule has 3 N–H and O–H groups in total. The second-order valence-electron chi connectivity index (χ2n) is 9.90. The van der Waals surface area contributed by atoms with Crippen LogP contribution in [-0.4, -0.2) is 56.6 Å². The van der Waals surface area contributed by atoms with Gasteiger partial charge in [0.25, 0.3) is 0 Å². The molecule has 192 valence electrons. The fourth-order valence-electron chi connectivity index (χ4n) is 5.09. The van der Waals surface area contributed by atoms with E-state index >= 15 is 0 Å². The lowest BCUT2D eigenvalue weighted by atomic mass is 9.90. The maximum absolute atomic E-state index is 14.9. The maximum Gasteiger partial charge on any atom is 0.131 e. The van der Waals surface area contributed by atoms with E-state index in [-0.39, 0.29) is 5.82 Å². The highest BCUT2D eigenvalue weighted by molar-refractivity contribution is 6.33. The van der Waals surface area contributed by atoms with Gasteiger partial charge < -0.3 is 25.4 Å². The normalized spacial score (nSPS) is 22.1. The van der Waals surface area contributed by atoms with Crippen molar-refractivity contribution in [3.63, 3.8) is 0 Å². The molecule has 1 aliphatic carbocycles. The minimum absolute atomic E-state index is 0.294. The minimum atomic E-state index is -0.294. The molecule has 1 aromatic carbocycles. The van der Waals surface area contributed by atoms with Crippen molar-refractivity contribution in [1.82, 2.24) is 10.3 Å². The number of hydrogen-bond donors (Lipinski definition) is 3. The van der Waals surface area contributed by atoms with Gasteiger partial charge in [0.05, 0.1) is 11.6 Å². The van der Waals surface area contributed by atoms with Crippen LogP contribution in [0.2, 0.25) is 5.02 Å². The van der Waals surface area contributed by atoms with Gasteiger partial charge in [0.2, 0.25) is 0 Å². The van der Waals surface area contributed by atoms with Crippen molar-refractivity contribution in [2.24, 2.45) is 5.92 Å². The van der Waals surface area contributed by atoms with Crippen LogP contribution in [0, 0.1) is 11.7 Å². The topological polar surface area (TPSA) is 67.4 Å². The summed E-state index contributed by atoms with van der Waals surface area (Å²) in [6.45, 7) is 5.36. The summed E-state index contributed by atoms with van der Waals surface area (Å²) in [5.41, 5.74) is 2.03. The molecule has 2 fully saturated rings. The number of hydrogen-bond acceptors (Lipinski definition) is 6. The van der Waals surface area contributed by atoms with Crippen molar-refractivity contribution in [1.29, 1.82) is 0 Å². The standard InChI is InChI=1S/C27H38ClFN4O2/c1-18(17-34-2)32-20-3-5-21(6-4-20)33-27-14-23(25(28)16-31-27)24-13-22(7-8-26(24)29)30-15-19-9-11-35-12-10-19/h7-8,13-14,16,18-21,30,32H,3-6,9-12,15,17H2,1-2H3,(H,31,33). The Morgan fingerprint density at radius 2 is 1.83 bits per heavy atom. The van der Waals surface area contributed by atoms with Gasteiger partial charge in [-0.25, -0.2) is 9.37 Å². The Morgan fingerprint density at radius 1 is 1.09 bits per heavy atom. The van der Waals surface area contributed by atoms with Crippen LogP contribution in [0.1, 0.15) is 45.4 Å². The monoisotopic (exact) mass is 504 g/mol. The van der Waals surface area contributed by atoms with Gasteiger partial charge in [-0.1, -0.05) is 11.6 Å². The predicted molar refractivity (Wildman–Crippen MR) is 141 cm³/mol. The summed E-state index contributed by atoms with van der Waals surface area (Å²) in [4.78, 5) is 4.47. The van der Waals surface area contributed by atoms with Crippen LogP contribution < -0.4 is 16.0 Å². The number of ether oxygens (including phenoxy) is 2. The lowest BCUT2D eigenvalue weighted by Crippen LogP contribution is -2.42. The van der Waals surface area contributed by atoms with Gasteiger partial charge in [0, 0.05) is 68.0 Å². The van der Waals surface area contributed by atoms with E-state index in [1.807, 2.05) is 12.1 Å². The Kier molecular flexibility index (Phi) is 9.60. The molecule has 1 aliphatic heterocycles. The Balaban J connectivity index is 1.38. The van der Waals surface area contributed by atoms with E-state index in [0.717, 1.165) is 76.4 Å². The molecule has 0 bridgehead atoms. The highest BCUT2D eigenvalue weighted by Crippen LogP contribution is 2.34. The van der Waals surface area contributed by atoms with Crippen molar-refractivity contribution in [3.05, 3.63) is 41.3 Å². The second-order valence-corrected chi connectivity index (χ2v) is 10.3. The lowest BCUT2D eigenvalue weighted by molar-refractivity contribution is 0.0699. The molecule has 4 rings (SSSR count). The number of benzene rings is 1. The summed E-state index contributed by atoms with van der Waals surface area (Å²) in [5.74, 6) is 1.01. The van der Waals surface area contributed by atoms with Gasteiger partial charge in [-0.15, -0.1) is 0 Å². The lowest BCUT2D eigenvalue weighted by Gasteiger charge is -2.32. The first kappa shape index (κ1) is 26.1. The Morgan fingerprint density at radius 3 is 2.57 bits per heavy atom. The zero-order valence-corrected chi connectivity index (χ0v) is 21.5. The first-order chi connectivity index (χ1) is 17.0. The molecule has 8 heteroatoms. The first-order valence-corrected chi connectivity index (χ1v) is 13.2. The fraction of sp³-hybridized carbons (Fsp3) is 0.593. The summed E-state index contributed by atoms with van der Waals surface area (Å²) in [7, 11) is 1.73. The second kappa shape index (κ2) is 12.9. The summed E-state index contributed by atoms with van der Waals surface area (Å²) in [5, 5.41) is 11.1. The van der Waals surface area contributed by atoms with Crippen LogP contribution in [0.25, 0.3) is 11.1 Å². The van der Waals surface area contributed by atoms with E-state index < -0.39 is 0 Å². The number of halogens is 2. The number of aromatic nitrogens is 1. The largest absolute Gasteiger partial charge is 0.385 e. The maximum atomic E-state index is 14.9. The predicted octanol–water partition coefficient (Wildman–Crippen LogP) is 5.73. The van der Waals surface area contributed by atoms with Crippen LogP contribution in [0.5, 0.6) is 0 Å². The van der Waals surface area contributed by atoms with E-state index in [0.29, 0.717) is 40.2 Å². The van der Waals surface area contributed by atoms with E-state index in [4.69, 9.17) is 21.1 Å². The Bertz CT molecular complexity index is 949. The quantitative estimate of drug-likeness (QED) is 0.384. The summed E-state index contributed by atoms with van der Waals surface area (Å²) in [6, 6.07) is 8.21. The summed E-state index contributed by atoms with van der Waals surface area (Å²) >= 11 is 6.48. The molecule has 2 heterocycles. The fourth-order valence-corrected chi connectivity index (χ4v) is 5.30. The highest BCUT2D eigenvalue weighted by atomic mass is 35.5. The summed E-state index contributed by atoms with van der Waals surface area (Å²) in [6.07, 6.45) is 8.02. The number of methoxy groups -OCH3 is 1. The molecule has 0 spiro atoms. The van der Waals surface area contributed by atoms with Crippen molar-refractivity contribution in [3.8, 4) is 11.1 Å². The number of anilines is 2. The highest BCUT2D eigenvalue weighted by Gasteiger charge is 2.23. The zero-order valence-electron chi connectivity index (χ0n) is 20.8.